The molecule has 3 rings (SSSR count). The summed E-state index contributed by atoms with van der Waals surface area (Å²) in [4.78, 5) is 42.9. The van der Waals surface area contributed by atoms with Crippen LogP contribution in [0.2, 0.25) is 0 Å². The van der Waals surface area contributed by atoms with Gasteiger partial charge in [-0.25, -0.2) is 9.78 Å². The van der Waals surface area contributed by atoms with E-state index in [-0.39, 0.29) is 23.0 Å². The number of hydrogen-bond acceptors (Lipinski definition) is 5. The molecule has 0 atom stereocenters. The first kappa shape index (κ1) is 17.3. The van der Waals surface area contributed by atoms with Crippen LogP contribution in [0.1, 0.15) is 30.1 Å². The fraction of sp³-hybridized carbons (Fsp3) is 0.529. The van der Waals surface area contributed by atoms with Crippen LogP contribution < -0.4 is 11.2 Å². The van der Waals surface area contributed by atoms with Crippen LogP contribution in [0.15, 0.2) is 21.9 Å². The summed E-state index contributed by atoms with van der Waals surface area (Å²) >= 11 is 0. The molecule has 134 valence electrons. The third-order valence-corrected chi connectivity index (χ3v) is 4.67. The molecule has 0 radical (unpaired) electrons. The van der Waals surface area contributed by atoms with Crippen LogP contribution in [0.3, 0.4) is 0 Å². The fourth-order valence-electron chi connectivity index (χ4n) is 3.23. The molecule has 8 heteroatoms. The van der Waals surface area contributed by atoms with Crippen molar-refractivity contribution in [2.45, 2.75) is 25.9 Å². The topological polar surface area (TPSA) is 86.4 Å². The monoisotopic (exact) mass is 346 g/mol. The van der Waals surface area contributed by atoms with Crippen molar-refractivity contribution in [3.05, 3.63) is 38.7 Å². The van der Waals surface area contributed by atoms with Crippen LogP contribution in [0.5, 0.6) is 0 Å². The minimum absolute atomic E-state index is 0.153. The molecule has 0 spiro atoms. The number of nitrogens with zero attached hydrogens (tertiary/aromatic N) is 4. The van der Waals surface area contributed by atoms with E-state index in [1.165, 1.54) is 23.9 Å². The molecule has 1 aliphatic heterocycles. The van der Waals surface area contributed by atoms with Gasteiger partial charge in [-0.1, -0.05) is 0 Å². The van der Waals surface area contributed by atoms with Crippen LogP contribution in [0, 0.1) is 0 Å². The van der Waals surface area contributed by atoms with Gasteiger partial charge in [0.1, 0.15) is 5.65 Å². The van der Waals surface area contributed by atoms with E-state index in [0.717, 1.165) is 17.4 Å². The number of fused-ring (bicyclic) bond motifs is 1. The highest BCUT2D eigenvalue weighted by Crippen LogP contribution is 2.17. The summed E-state index contributed by atoms with van der Waals surface area (Å²) in [6, 6.07) is 1.53. The van der Waals surface area contributed by atoms with Crippen LogP contribution in [0.4, 0.5) is 0 Å². The van der Waals surface area contributed by atoms with Gasteiger partial charge < -0.3 is 9.64 Å². The van der Waals surface area contributed by atoms with Crippen LogP contribution in [0.25, 0.3) is 11.0 Å². The van der Waals surface area contributed by atoms with E-state index in [0.29, 0.717) is 25.3 Å². The standard InChI is InChI=1S/C17H22N4O4/c1-4-25-12-5-7-21(8-6-12)15(22)11-9-13-14(18-10-11)19(2)17(24)20(3)16(13)23/h9-10,12H,4-8H2,1-3H3. The molecule has 1 saturated heterocycles. The molecular weight excluding hydrogens is 324 g/mol. The Bertz CT molecular complexity index is 923. The molecule has 0 aromatic carbocycles. The third kappa shape index (κ3) is 3.09. The number of ether oxygens (including phenoxy) is 1. The Morgan fingerprint density at radius 1 is 1.24 bits per heavy atom. The Hall–Kier alpha value is -2.48. The maximum absolute atomic E-state index is 12.7. The Morgan fingerprint density at radius 2 is 1.92 bits per heavy atom. The van der Waals surface area contributed by atoms with E-state index in [2.05, 4.69) is 4.98 Å². The highest BCUT2D eigenvalue weighted by atomic mass is 16.5. The van der Waals surface area contributed by atoms with Gasteiger partial charge in [-0.3, -0.25) is 18.7 Å². The minimum Gasteiger partial charge on any atom is -0.378 e. The second-order valence-corrected chi connectivity index (χ2v) is 6.25. The average Bonchev–Trinajstić information content (AvgIpc) is 2.64. The van der Waals surface area contributed by atoms with Gasteiger partial charge >= 0.3 is 5.69 Å². The van der Waals surface area contributed by atoms with Crippen molar-refractivity contribution < 1.29 is 9.53 Å². The number of hydrogen-bond donors (Lipinski definition) is 0. The Balaban J connectivity index is 1.91. The predicted octanol–water partition coefficient (Wildman–Crippen LogP) is 0.273. The molecule has 1 amide bonds. The van der Waals surface area contributed by atoms with Gasteiger partial charge in [0.2, 0.25) is 0 Å². The highest BCUT2D eigenvalue weighted by molar-refractivity contribution is 5.96. The maximum Gasteiger partial charge on any atom is 0.332 e. The van der Waals surface area contributed by atoms with Crippen LogP contribution in [-0.4, -0.2) is 50.7 Å². The van der Waals surface area contributed by atoms with Crippen molar-refractivity contribution in [2.24, 2.45) is 14.1 Å². The minimum atomic E-state index is -0.449. The molecule has 1 fully saturated rings. The third-order valence-electron chi connectivity index (χ3n) is 4.67. The number of pyridine rings is 1. The number of carbonyl (C=O) groups excluding carboxylic acids is 1. The normalized spacial score (nSPS) is 15.7. The molecule has 8 nitrogen and oxygen atoms in total. The lowest BCUT2D eigenvalue weighted by atomic mass is 10.1. The van der Waals surface area contributed by atoms with Gasteiger partial charge in [0.05, 0.1) is 17.1 Å². The van der Waals surface area contributed by atoms with Crippen molar-refractivity contribution in [1.29, 1.82) is 0 Å². The van der Waals surface area contributed by atoms with Crippen molar-refractivity contribution in [1.82, 2.24) is 19.0 Å². The van der Waals surface area contributed by atoms with E-state index in [9.17, 15) is 14.4 Å². The van der Waals surface area contributed by atoms with Gasteiger partial charge in [-0.15, -0.1) is 0 Å². The summed E-state index contributed by atoms with van der Waals surface area (Å²) in [6.45, 7) is 3.88. The zero-order valence-electron chi connectivity index (χ0n) is 14.7. The van der Waals surface area contributed by atoms with Crippen molar-refractivity contribution in [3.8, 4) is 0 Å². The van der Waals surface area contributed by atoms with Crippen LogP contribution in [-0.2, 0) is 18.8 Å². The second kappa shape index (κ2) is 6.79. The van der Waals surface area contributed by atoms with Gasteiger partial charge in [0.25, 0.3) is 11.5 Å². The molecule has 25 heavy (non-hydrogen) atoms. The summed E-state index contributed by atoms with van der Waals surface area (Å²) in [6.07, 6.45) is 3.23. The molecule has 0 unspecified atom stereocenters. The van der Waals surface area contributed by atoms with E-state index in [4.69, 9.17) is 4.74 Å². The molecular formula is C17H22N4O4. The number of aryl methyl sites for hydroxylation is 1. The number of carbonyl (C=O) groups is 1. The fourth-order valence-corrected chi connectivity index (χ4v) is 3.23. The van der Waals surface area contributed by atoms with Gasteiger partial charge in [-0.05, 0) is 25.8 Å². The van der Waals surface area contributed by atoms with Gasteiger partial charge in [0.15, 0.2) is 0 Å². The van der Waals surface area contributed by atoms with E-state index in [1.54, 1.807) is 11.9 Å². The molecule has 3 heterocycles. The summed E-state index contributed by atoms with van der Waals surface area (Å²) in [5.41, 5.74) is -0.254. The second-order valence-electron chi connectivity index (χ2n) is 6.25. The van der Waals surface area contributed by atoms with Gasteiger partial charge in [0, 0.05) is 40.0 Å². The number of aromatic nitrogens is 3. The van der Waals surface area contributed by atoms with E-state index in [1.807, 2.05) is 6.92 Å². The van der Waals surface area contributed by atoms with E-state index < -0.39 is 11.2 Å². The lowest BCUT2D eigenvalue weighted by Gasteiger charge is -2.31. The number of rotatable bonds is 3. The molecule has 0 bridgehead atoms. The summed E-state index contributed by atoms with van der Waals surface area (Å²) in [5, 5.41) is 0.264. The number of likely N-dealkylation sites (tertiary alicyclic amines) is 1. The Kier molecular flexibility index (Phi) is 4.71. The SMILES string of the molecule is CCOC1CCN(C(=O)c2cnc3c(c2)c(=O)n(C)c(=O)n3C)CC1. The predicted molar refractivity (Wildman–Crippen MR) is 92.8 cm³/mol. The lowest BCUT2D eigenvalue weighted by molar-refractivity contribution is 0.0146. The number of amides is 1. The quantitative estimate of drug-likeness (QED) is 0.796. The summed E-state index contributed by atoms with van der Waals surface area (Å²) < 4.78 is 7.92. The highest BCUT2D eigenvalue weighted by Gasteiger charge is 2.24. The zero-order chi connectivity index (χ0) is 18.1. The first-order valence-electron chi connectivity index (χ1n) is 8.40. The van der Waals surface area contributed by atoms with Gasteiger partial charge in [-0.2, -0.15) is 0 Å². The average molecular weight is 346 g/mol. The first-order valence-corrected chi connectivity index (χ1v) is 8.40. The lowest BCUT2D eigenvalue weighted by Crippen LogP contribution is -2.41. The van der Waals surface area contributed by atoms with Crippen molar-refractivity contribution >= 4 is 16.9 Å². The molecule has 1 aliphatic rings. The molecule has 2 aromatic heterocycles. The number of piperidine rings is 1. The van der Waals surface area contributed by atoms with Crippen molar-refractivity contribution in [3.63, 3.8) is 0 Å². The molecule has 2 aromatic rings. The zero-order valence-corrected chi connectivity index (χ0v) is 14.7. The van der Waals surface area contributed by atoms with Crippen molar-refractivity contribution in [2.75, 3.05) is 19.7 Å². The Labute approximate surface area is 144 Å². The molecule has 0 N–H and O–H groups in total. The Morgan fingerprint density at radius 3 is 2.56 bits per heavy atom. The van der Waals surface area contributed by atoms with Crippen LogP contribution >= 0.6 is 0 Å². The van der Waals surface area contributed by atoms with E-state index >= 15 is 0 Å². The molecule has 0 aliphatic carbocycles. The maximum atomic E-state index is 12.7. The molecule has 0 saturated carbocycles. The summed E-state index contributed by atoms with van der Waals surface area (Å²) in [5.74, 6) is -0.153. The first-order chi connectivity index (χ1) is 11.9. The summed E-state index contributed by atoms with van der Waals surface area (Å²) in [7, 11) is 2.97. The largest absolute Gasteiger partial charge is 0.378 e. The smallest absolute Gasteiger partial charge is 0.332 e.